The summed E-state index contributed by atoms with van der Waals surface area (Å²) in [6, 6.07) is 2.23. The number of nitrogens with zero attached hydrogens (tertiary/aromatic N) is 1. The van der Waals surface area contributed by atoms with Crippen LogP contribution in [0.5, 0.6) is 0 Å². The van der Waals surface area contributed by atoms with Crippen molar-refractivity contribution < 1.29 is 5.11 Å². The lowest BCUT2D eigenvalue weighted by Gasteiger charge is -2.19. The van der Waals surface area contributed by atoms with Crippen LogP contribution in [0.2, 0.25) is 0 Å². The molecule has 1 N–H and O–H groups in total. The highest BCUT2D eigenvalue weighted by atomic mass is 32.2. The van der Waals surface area contributed by atoms with Gasteiger partial charge in [0.1, 0.15) is 8.28 Å². The van der Waals surface area contributed by atoms with E-state index in [0.717, 1.165) is 3.53 Å². The number of aliphatic hydroxyl groups is 1. The Hall–Kier alpha value is 0.240. The molecule has 74 valence electrons. The Labute approximate surface area is 93.1 Å². The molecule has 2 nitrogen and oxygen atoms in total. The van der Waals surface area contributed by atoms with Gasteiger partial charge in [0.05, 0.1) is 6.07 Å². The Kier molecular flexibility index (Phi) is 6.78. The molecule has 0 aliphatic heterocycles. The first-order valence-corrected chi connectivity index (χ1v) is 6.32. The summed E-state index contributed by atoms with van der Waals surface area (Å²) in [5.74, 6) is 0. The van der Waals surface area contributed by atoms with Crippen molar-refractivity contribution in [1.29, 1.82) is 5.26 Å². The number of nitriles is 1. The third-order valence-electron chi connectivity index (χ3n) is 1.52. The maximum atomic E-state index is 8.93. The first-order chi connectivity index (χ1) is 6.08. The molecule has 0 aliphatic rings. The number of rotatable bonds is 4. The van der Waals surface area contributed by atoms with Gasteiger partial charge in [0, 0.05) is 6.61 Å². The van der Waals surface area contributed by atoms with Crippen LogP contribution < -0.4 is 0 Å². The summed E-state index contributed by atoms with van der Waals surface area (Å²) in [7, 11) is 0. The molecule has 0 aromatic heterocycles. The zero-order chi connectivity index (χ0) is 10.3. The maximum absolute atomic E-state index is 8.93. The lowest BCUT2D eigenvalue weighted by atomic mass is 10.1. The van der Waals surface area contributed by atoms with Crippen molar-refractivity contribution in [2.24, 2.45) is 0 Å². The molecular weight excluding hydrogens is 222 g/mol. The average Bonchev–Trinajstić information content (AvgIpc) is 2.14. The molecule has 0 rings (SSSR count). The van der Waals surface area contributed by atoms with Crippen LogP contribution in [0.25, 0.3) is 0 Å². The molecule has 0 spiro atoms. The fraction of sp³-hybridized carbons (Fsp3) is 0.750. The summed E-state index contributed by atoms with van der Waals surface area (Å²) in [5, 5.41) is 17.6. The van der Waals surface area contributed by atoms with Gasteiger partial charge in [-0.15, -0.1) is 11.8 Å². The standard InChI is InChI=1S/C8H13NOS3/c1-8(6-9,4-3-5-10)13-7(11)12-2/h10H,3-5H2,1-2H3. The second-order valence-electron chi connectivity index (χ2n) is 2.73. The van der Waals surface area contributed by atoms with Crippen LogP contribution in [-0.4, -0.2) is 26.2 Å². The number of thiocarbonyl (C=S) groups is 1. The lowest BCUT2D eigenvalue weighted by molar-refractivity contribution is 0.282. The number of hydrogen-bond donors (Lipinski definition) is 1. The summed E-state index contributed by atoms with van der Waals surface area (Å²) in [5.41, 5.74) is 0. The summed E-state index contributed by atoms with van der Waals surface area (Å²) in [6.45, 7) is 1.99. The van der Waals surface area contributed by atoms with E-state index in [1.807, 2.05) is 13.2 Å². The minimum absolute atomic E-state index is 0.129. The van der Waals surface area contributed by atoms with Crippen molar-refractivity contribution in [2.75, 3.05) is 12.9 Å². The quantitative estimate of drug-likeness (QED) is 0.758. The van der Waals surface area contributed by atoms with Gasteiger partial charge in [0.25, 0.3) is 0 Å². The average molecular weight is 235 g/mol. The molecule has 0 aliphatic carbocycles. The van der Waals surface area contributed by atoms with Crippen LogP contribution in [-0.2, 0) is 0 Å². The Morgan fingerprint density at radius 2 is 2.31 bits per heavy atom. The van der Waals surface area contributed by atoms with Crippen LogP contribution in [0, 0.1) is 11.3 Å². The Balaban J connectivity index is 4.13. The lowest BCUT2D eigenvalue weighted by Crippen LogP contribution is -2.19. The summed E-state index contributed by atoms with van der Waals surface area (Å²) < 4.78 is 0.296. The third-order valence-corrected chi connectivity index (χ3v) is 4.27. The van der Waals surface area contributed by atoms with Crippen molar-refractivity contribution in [3.63, 3.8) is 0 Å². The first-order valence-electron chi connectivity index (χ1n) is 3.87. The van der Waals surface area contributed by atoms with Crippen LogP contribution in [0.4, 0.5) is 0 Å². The molecule has 0 fully saturated rings. The maximum Gasteiger partial charge on any atom is 0.106 e. The van der Waals surface area contributed by atoms with Gasteiger partial charge in [-0.3, -0.25) is 0 Å². The number of hydrogen-bond acceptors (Lipinski definition) is 5. The van der Waals surface area contributed by atoms with Gasteiger partial charge in [-0.05, 0) is 26.0 Å². The van der Waals surface area contributed by atoms with E-state index >= 15 is 0 Å². The van der Waals surface area contributed by atoms with E-state index in [1.54, 1.807) is 0 Å². The van der Waals surface area contributed by atoms with Crippen LogP contribution in [0.15, 0.2) is 0 Å². The number of thioether (sulfide) groups is 2. The minimum atomic E-state index is -0.483. The highest BCUT2D eigenvalue weighted by Crippen LogP contribution is 2.33. The molecule has 0 aromatic rings. The molecule has 0 saturated carbocycles. The Morgan fingerprint density at radius 1 is 1.69 bits per heavy atom. The second kappa shape index (κ2) is 6.66. The van der Waals surface area contributed by atoms with Crippen molar-refractivity contribution >= 4 is 39.3 Å². The first kappa shape index (κ1) is 13.2. The predicted octanol–water partition coefficient (Wildman–Crippen LogP) is 2.42. The summed E-state index contributed by atoms with van der Waals surface area (Å²) in [6.07, 6.45) is 3.22. The molecule has 13 heavy (non-hydrogen) atoms. The molecule has 0 bridgehead atoms. The van der Waals surface area contributed by atoms with E-state index in [2.05, 4.69) is 6.07 Å². The van der Waals surface area contributed by atoms with Gasteiger partial charge < -0.3 is 5.11 Å². The second-order valence-corrected chi connectivity index (χ2v) is 6.24. The van der Waals surface area contributed by atoms with E-state index in [-0.39, 0.29) is 6.61 Å². The summed E-state index contributed by atoms with van der Waals surface area (Å²) in [4.78, 5) is 0. The van der Waals surface area contributed by atoms with E-state index in [9.17, 15) is 0 Å². The van der Waals surface area contributed by atoms with Crippen LogP contribution in [0.3, 0.4) is 0 Å². The van der Waals surface area contributed by atoms with Gasteiger partial charge in [-0.1, -0.05) is 24.0 Å². The van der Waals surface area contributed by atoms with Crippen molar-refractivity contribution in [3.05, 3.63) is 0 Å². The van der Waals surface area contributed by atoms with Gasteiger partial charge in [-0.2, -0.15) is 5.26 Å². The molecule has 5 heteroatoms. The molecule has 0 amide bonds. The predicted molar refractivity (Wildman–Crippen MR) is 64.0 cm³/mol. The highest BCUT2D eigenvalue weighted by Gasteiger charge is 2.25. The normalized spacial score (nSPS) is 14.6. The monoisotopic (exact) mass is 235 g/mol. The molecule has 0 radical (unpaired) electrons. The Morgan fingerprint density at radius 3 is 2.69 bits per heavy atom. The van der Waals surface area contributed by atoms with E-state index in [4.69, 9.17) is 22.6 Å². The fourth-order valence-corrected chi connectivity index (χ4v) is 2.87. The zero-order valence-electron chi connectivity index (χ0n) is 7.74. The molecule has 0 saturated heterocycles. The van der Waals surface area contributed by atoms with Gasteiger partial charge >= 0.3 is 0 Å². The largest absolute Gasteiger partial charge is 0.396 e. The minimum Gasteiger partial charge on any atom is -0.396 e. The van der Waals surface area contributed by atoms with Gasteiger partial charge in [0.2, 0.25) is 0 Å². The van der Waals surface area contributed by atoms with Crippen molar-refractivity contribution in [3.8, 4) is 6.07 Å². The Bertz CT molecular complexity index is 214. The molecule has 1 atom stereocenters. The topological polar surface area (TPSA) is 44.0 Å². The van der Waals surface area contributed by atoms with Crippen molar-refractivity contribution in [1.82, 2.24) is 0 Å². The highest BCUT2D eigenvalue weighted by molar-refractivity contribution is 8.47. The summed E-state index contributed by atoms with van der Waals surface area (Å²) >= 11 is 7.92. The zero-order valence-corrected chi connectivity index (χ0v) is 10.2. The van der Waals surface area contributed by atoms with Crippen LogP contribution >= 0.6 is 35.7 Å². The molecular formula is C8H13NOS3. The fourth-order valence-electron chi connectivity index (χ4n) is 0.772. The van der Waals surface area contributed by atoms with E-state index in [0.29, 0.717) is 12.8 Å². The van der Waals surface area contributed by atoms with Gasteiger partial charge in [0.15, 0.2) is 0 Å². The molecule has 0 heterocycles. The number of aliphatic hydroxyl groups excluding tert-OH is 1. The van der Waals surface area contributed by atoms with E-state index < -0.39 is 4.75 Å². The smallest absolute Gasteiger partial charge is 0.106 e. The van der Waals surface area contributed by atoms with Crippen molar-refractivity contribution in [2.45, 2.75) is 24.5 Å². The molecule has 0 aromatic carbocycles. The SMILES string of the molecule is CSC(=S)SC(C)(C#N)CCCO. The van der Waals surface area contributed by atoms with Crippen LogP contribution in [0.1, 0.15) is 19.8 Å². The van der Waals surface area contributed by atoms with E-state index in [1.165, 1.54) is 23.5 Å². The third kappa shape index (κ3) is 5.53. The van der Waals surface area contributed by atoms with Gasteiger partial charge in [-0.25, -0.2) is 0 Å². The molecule has 1 unspecified atom stereocenters.